The quantitative estimate of drug-likeness (QED) is 0.822. The van der Waals surface area contributed by atoms with Gasteiger partial charge in [0.25, 0.3) is 0 Å². The molecule has 1 aliphatic rings. The zero-order chi connectivity index (χ0) is 15.3. The summed E-state index contributed by atoms with van der Waals surface area (Å²) in [6, 6.07) is 5.79. The third kappa shape index (κ3) is 4.35. The molecule has 0 aliphatic carbocycles. The molecule has 0 bridgehead atoms. The molecule has 118 valence electrons. The first-order chi connectivity index (χ1) is 10.0. The van der Waals surface area contributed by atoms with Gasteiger partial charge in [-0.15, -0.1) is 0 Å². The van der Waals surface area contributed by atoms with E-state index in [1.54, 1.807) is 12.1 Å². The maximum Gasteiger partial charge on any atom is 0.416 e. The Balaban J connectivity index is 2.06. The first-order valence-electron chi connectivity index (χ1n) is 7.37. The lowest BCUT2D eigenvalue weighted by atomic mass is 10.0. The number of benzene rings is 1. The molecule has 3 N–H and O–H groups in total. The molecule has 0 amide bonds. The third-order valence-electron chi connectivity index (χ3n) is 3.87. The minimum Gasteiger partial charge on any atom is -0.366 e. The van der Waals surface area contributed by atoms with Gasteiger partial charge in [0, 0.05) is 31.4 Å². The van der Waals surface area contributed by atoms with Gasteiger partial charge in [0.2, 0.25) is 0 Å². The zero-order valence-corrected chi connectivity index (χ0v) is 12.0. The van der Waals surface area contributed by atoms with E-state index in [1.165, 1.54) is 0 Å². The standard InChI is InChI=1S/C15H22F3N3/c16-15(17,18)12-4-6-13(7-5-12)21-10-9-20-11-14(21)3-1-2-8-19/h4-7,14,20H,1-3,8-11,19H2. The fraction of sp³-hybridized carbons (Fsp3) is 0.600. The highest BCUT2D eigenvalue weighted by molar-refractivity contribution is 5.49. The van der Waals surface area contributed by atoms with Gasteiger partial charge in [-0.1, -0.05) is 6.42 Å². The lowest BCUT2D eigenvalue weighted by molar-refractivity contribution is -0.137. The summed E-state index contributed by atoms with van der Waals surface area (Å²) < 4.78 is 37.8. The van der Waals surface area contributed by atoms with E-state index < -0.39 is 11.7 Å². The fourth-order valence-corrected chi connectivity index (χ4v) is 2.72. The average Bonchev–Trinajstić information content (AvgIpc) is 2.47. The molecule has 1 unspecified atom stereocenters. The van der Waals surface area contributed by atoms with Gasteiger partial charge in [-0.2, -0.15) is 13.2 Å². The van der Waals surface area contributed by atoms with Gasteiger partial charge in [-0.05, 0) is 43.7 Å². The topological polar surface area (TPSA) is 41.3 Å². The van der Waals surface area contributed by atoms with Crippen LogP contribution in [0.15, 0.2) is 24.3 Å². The van der Waals surface area contributed by atoms with Crippen LogP contribution in [-0.2, 0) is 6.18 Å². The molecule has 1 aromatic rings. The second-order valence-corrected chi connectivity index (χ2v) is 5.38. The molecule has 6 heteroatoms. The van der Waals surface area contributed by atoms with Crippen LogP contribution < -0.4 is 16.0 Å². The zero-order valence-electron chi connectivity index (χ0n) is 12.0. The van der Waals surface area contributed by atoms with Crippen molar-refractivity contribution in [1.29, 1.82) is 0 Å². The van der Waals surface area contributed by atoms with Gasteiger partial charge < -0.3 is 16.0 Å². The van der Waals surface area contributed by atoms with Gasteiger partial charge in [0.05, 0.1) is 5.56 Å². The van der Waals surface area contributed by atoms with E-state index in [2.05, 4.69) is 10.2 Å². The van der Waals surface area contributed by atoms with E-state index in [-0.39, 0.29) is 0 Å². The number of halogens is 3. The van der Waals surface area contributed by atoms with Crippen LogP contribution in [-0.4, -0.2) is 32.2 Å². The lowest BCUT2D eigenvalue weighted by Crippen LogP contribution is -2.51. The Kier molecular flexibility index (Phi) is 5.47. The van der Waals surface area contributed by atoms with Crippen molar-refractivity contribution in [1.82, 2.24) is 5.32 Å². The summed E-state index contributed by atoms with van der Waals surface area (Å²) in [6.45, 7) is 3.22. The van der Waals surface area contributed by atoms with Crippen LogP contribution in [0.3, 0.4) is 0 Å². The minimum atomic E-state index is -4.28. The first kappa shape index (κ1) is 16.1. The molecule has 3 nitrogen and oxygen atoms in total. The van der Waals surface area contributed by atoms with E-state index >= 15 is 0 Å². The molecule has 0 saturated carbocycles. The summed E-state index contributed by atoms with van der Waals surface area (Å²) in [5.41, 5.74) is 5.78. The first-order valence-corrected chi connectivity index (χ1v) is 7.37. The van der Waals surface area contributed by atoms with Crippen molar-refractivity contribution >= 4 is 5.69 Å². The molecule has 1 aliphatic heterocycles. The van der Waals surface area contributed by atoms with Crippen molar-refractivity contribution in [2.24, 2.45) is 5.73 Å². The molecule has 2 rings (SSSR count). The minimum absolute atomic E-state index is 0.321. The molecule has 0 radical (unpaired) electrons. The second kappa shape index (κ2) is 7.13. The molecule has 0 aromatic heterocycles. The number of alkyl halides is 3. The number of anilines is 1. The van der Waals surface area contributed by atoms with Crippen molar-refractivity contribution in [2.45, 2.75) is 31.5 Å². The number of piperazine rings is 1. The van der Waals surface area contributed by atoms with Crippen LogP contribution in [0.2, 0.25) is 0 Å². The summed E-state index contributed by atoms with van der Waals surface area (Å²) in [6.07, 6.45) is -1.24. The normalized spacial score (nSPS) is 19.8. The number of nitrogens with one attached hydrogen (secondary N) is 1. The van der Waals surface area contributed by atoms with Crippen molar-refractivity contribution < 1.29 is 13.2 Å². The van der Waals surface area contributed by atoms with Gasteiger partial charge in [0.1, 0.15) is 0 Å². The number of hydrogen-bond acceptors (Lipinski definition) is 3. The van der Waals surface area contributed by atoms with E-state index in [1.807, 2.05) is 0 Å². The van der Waals surface area contributed by atoms with Gasteiger partial charge in [-0.3, -0.25) is 0 Å². The highest BCUT2D eigenvalue weighted by Gasteiger charge is 2.30. The summed E-state index contributed by atoms with van der Waals surface area (Å²) in [5.74, 6) is 0. The summed E-state index contributed by atoms with van der Waals surface area (Å²) in [5, 5.41) is 3.34. The largest absolute Gasteiger partial charge is 0.416 e. The van der Waals surface area contributed by atoms with Gasteiger partial charge in [-0.25, -0.2) is 0 Å². The molecule has 1 heterocycles. The Morgan fingerprint density at radius 1 is 1.19 bits per heavy atom. The smallest absolute Gasteiger partial charge is 0.366 e. The van der Waals surface area contributed by atoms with Crippen molar-refractivity contribution in [3.63, 3.8) is 0 Å². The Morgan fingerprint density at radius 2 is 1.90 bits per heavy atom. The fourth-order valence-electron chi connectivity index (χ4n) is 2.72. The van der Waals surface area contributed by atoms with Crippen LogP contribution in [0, 0.1) is 0 Å². The SMILES string of the molecule is NCCCCC1CNCCN1c1ccc(C(F)(F)F)cc1. The van der Waals surface area contributed by atoms with E-state index in [9.17, 15) is 13.2 Å². The summed E-state index contributed by atoms with van der Waals surface area (Å²) in [7, 11) is 0. The maximum absolute atomic E-state index is 12.6. The van der Waals surface area contributed by atoms with Gasteiger partial charge in [0.15, 0.2) is 0 Å². The number of nitrogens with zero attached hydrogens (tertiary/aromatic N) is 1. The maximum atomic E-state index is 12.6. The molecule has 1 fully saturated rings. The molecular formula is C15H22F3N3. The monoisotopic (exact) mass is 301 g/mol. The van der Waals surface area contributed by atoms with Crippen molar-refractivity contribution in [3.8, 4) is 0 Å². The predicted molar refractivity (Wildman–Crippen MR) is 78.4 cm³/mol. The van der Waals surface area contributed by atoms with Crippen molar-refractivity contribution in [2.75, 3.05) is 31.1 Å². The van der Waals surface area contributed by atoms with E-state index in [0.29, 0.717) is 12.6 Å². The van der Waals surface area contributed by atoms with Crippen LogP contribution >= 0.6 is 0 Å². The molecule has 1 saturated heterocycles. The summed E-state index contributed by atoms with van der Waals surface area (Å²) >= 11 is 0. The van der Waals surface area contributed by atoms with Crippen molar-refractivity contribution in [3.05, 3.63) is 29.8 Å². The van der Waals surface area contributed by atoms with E-state index in [0.717, 1.165) is 56.7 Å². The van der Waals surface area contributed by atoms with E-state index in [4.69, 9.17) is 5.73 Å². The van der Waals surface area contributed by atoms with Crippen LogP contribution in [0.25, 0.3) is 0 Å². The molecule has 21 heavy (non-hydrogen) atoms. The summed E-state index contributed by atoms with van der Waals surface area (Å²) in [4.78, 5) is 2.20. The highest BCUT2D eigenvalue weighted by atomic mass is 19.4. The Hall–Kier alpha value is -1.27. The van der Waals surface area contributed by atoms with Crippen LogP contribution in [0.5, 0.6) is 0 Å². The molecular weight excluding hydrogens is 279 g/mol. The predicted octanol–water partition coefficient (Wildman–Crippen LogP) is 2.61. The van der Waals surface area contributed by atoms with Gasteiger partial charge >= 0.3 is 6.18 Å². The number of nitrogens with two attached hydrogens (primary N) is 1. The highest BCUT2D eigenvalue weighted by Crippen LogP contribution is 2.31. The second-order valence-electron chi connectivity index (χ2n) is 5.38. The Bertz CT molecular complexity index is 431. The van der Waals surface area contributed by atoms with Crippen LogP contribution in [0.1, 0.15) is 24.8 Å². The molecule has 0 spiro atoms. The van der Waals surface area contributed by atoms with Crippen LogP contribution in [0.4, 0.5) is 18.9 Å². The Morgan fingerprint density at radius 3 is 2.52 bits per heavy atom. The molecule has 1 atom stereocenters. The number of rotatable bonds is 5. The number of unbranched alkanes of at least 4 members (excludes halogenated alkanes) is 1. The third-order valence-corrected chi connectivity index (χ3v) is 3.87. The lowest BCUT2D eigenvalue weighted by Gasteiger charge is -2.38. The average molecular weight is 301 g/mol. The number of hydrogen-bond donors (Lipinski definition) is 2. The molecule has 1 aromatic carbocycles. The Labute approximate surface area is 123 Å².